The van der Waals surface area contributed by atoms with Gasteiger partial charge in [-0.1, -0.05) is 0 Å². The summed E-state index contributed by atoms with van der Waals surface area (Å²) in [5.74, 6) is -1.59. The Hall–Kier alpha value is -1.19. The molecule has 0 fully saturated rings. The van der Waals surface area contributed by atoms with Gasteiger partial charge in [0.05, 0.1) is 11.4 Å². The van der Waals surface area contributed by atoms with Crippen molar-refractivity contribution in [1.82, 2.24) is 4.98 Å². The van der Waals surface area contributed by atoms with E-state index < -0.39 is 21.9 Å². The molecule has 0 amide bonds. The highest BCUT2D eigenvalue weighted by molar-refractivity contribution is 7.89. The lowest BCUT2D eigenvalue weighted by molar-refractivity contribution is -0.139. The number of aromatic nitrogens is 1. The number of carbonyl (C=O) groups is 1. The van der Waals surface area contributed by atoms with Crippen molar-refractivity contribution in [1.29, 1.82) is 0 Å². The van der Waals surface area contributed by atoms with Gasteiger partial charge in [0.15, 0.2) is 5.13 Å². The second-order valence-corrected chi connectivity index (χ2v) is 7.22. The lowest BCUT2D eigenvalue weighted by atomic mass is 9.91. The highest BCUT2D eigenvalue weighted by atomic mass is 32.2. The van der Waals surface area contributed by atoms with Gasteiger partial charge in [0.2, 0.25) is 10.0 Å². The number of carboxylic acids is 1. The number of hydrogen-bond acceptors (Lipinski definition) is 6. The predicted molar refractivity (Wildman–Crippen MR) is 71.9 cm³/mol. The summed E-state index contributed by atoms with van der Waals surface area (Å²) in [5, 5.41) is 17.5. The van der Waals surface area contributed by atoms with E-state index >= 15 is 0 Å². The number of carboxylic acid groups (broad SMARTS) is 1. The second-order valence-electron chi connectivity index (χ2n) is 4.40. The summed E-state index contributed by atoms with van der Waals surface area (Å²) in [5.41, 5.74) is 0.613. The van der Waals surface area contributed by atoms with Gasteiger partial charge in [-0.2, -0.15) is 0 Å². The van der Waals surface area contributed by atoms with Crippen LogP contribution in [0.5, 0.6) is 0 Å². The second kappa shape index (κ2) is 5.43. The van der Waals surface area contributed by atoms with Crippen molar-refractivity contribution in [2.75, 3.05) is 17.6 Å². The highest BCUT2D eigenvalue weighted by Gasteiger charge is 2.29. The number of aliphatic carboxylic acids is 1. The fourth-order valence-corrected chi connectivity index (χ4v) is 3.51. The van der Waals surface area contributed by atoms with Gasteiger partial charge < -0.3 is 10.4 Å². The molecule has 1 aliphatic rings. The van der Waals surface area contributed by atoms with Crippen LogP contribution in [0.15, 0.2) is 0 Å². The Morgan fingerprint density at radius 3 is 2.95 bits per heavy atom. The van der Waals surface area contributed by atoms with Crippen LogP contribution < -0.4 is 10.5 Å². The Morgan fingerprint density at radius 2 is 2.32 bits per heavy atom. The van der Waals surface area contributed by atoms with Gasteiger partial charge in [-0.05, 0) is 19.3 Å². The number of nitrogens with two attached hydrogens (primary N) is 1. The first-order valence-corrected chi connectivity index (χ1v) is 8.37. The number of nitrogens with zero attached hydrogens (tertiary/aromatic N) is 1. The van der Waals surface area contributed by atoms with Crippen molar-refractivity contribution in [2.24, 2.45) is 5.14 Å². The average molecular weight is 305 g/mol. The monoisotopic (exact) mass is 305 g/mol. The average Bonchev–Trinajstić information content (AvgIpc) is 2.68. The van der Waals surface area contributed by atoms with E-state index in [-0.39, 0.29) is 12.3 Å². The van der Waals surface area contributed by atoms with Gasteiger partial charge in [0, 0.05) is 11.4 Å². The van der Waals surface area contributed by atoms with Crippen LogP contribution in [0.4, 0.5) is 5.13 Å². The molecule has 1 unspecified atom stereocenters. The Balaban J connectivity index is 2.07. The van der Waals surface area contributed by atoms with Crippen molar-refractivity contribution in [3.8, 4) is 0 Å². The molecule has 9 heteroatoms. The zero-order valence-corrected chi connectivity index (χ0v) is 11.8. The van der Waals surface area contributed by atoms with Gasteiger partial charge in [-0.3, -0.25) is 4.79 Å². The van der Waals surface area contributed by atoms with Crippen molar-refractivity contribution < 1.29 is 18.3 Å². The van der Waals surface area contributed by atoms with E-state index in [2.05, 4.69) is 10.3 Å². The van der Waals surface area contributed by atoms with Crippen molar-refractivity contribution in [3.05, 3.63) is 10.6 Å². The van der Waals surface area contributed by atoms with E-state index in [1.165, 1.54) is 11.3 Å². The van der Waals surface area contributed by atoms with E-state index in [4.69, 9.17) is 10.2 Å². The predicted octanol–water partition coefficient (Wildman–Crippen LogP) is 0.348. The molecule has 0 aromatic carbocycles. The van der Waals surface area contributed by atoms with Crippen molar-refractivity contribution >= 4 is 32.5 Å². The molecule has 1 aromatic heterocycles. The molecule has 2 rings (SSSR count). The zero-order chi connectivity index (χ0) is 14.0. The maximum absolute atomic E-state index is 11.1. The Bertz CT molecular complexity index is 582. The summed E-state index contributed by atoms with van der Waals surface area (Å²) < 4.78 is 21.6. The molecule has 0 radical (unpaired) electrons. The molecule has 4 N–H and O–H groups in total. The van der Waals surface area contributed by atoms with Crippen LogP contribution in [0, 0.1) is 0 Å². The van der Waals surface area contributed by atoms with E-state index in [1.54, 1.807) is 0 Å². The third kappa shape index (κ3) is 3.64. The minimum absolute atomic E-state index is 0.170. The van der Waals surface area contributed by atoms with Crippen LogP contribution in [-0.4, -0.2) is 36.8 Å². The van der Waals surface area contributed by atoms with Crippen molar-refractivity contribution in [3.63, 3.8) is 0 Å². The minimum atomic E-state index is -3.50. The van der Waals surface area contributed by atoms with Crippen LogP contribution in [0.3, 0.4) is 0 Å². The molecule has 0 bridgehead atoms. The van der Waals surface area contributed by atoms with Gasteiger partial charge in [-0.15, -0.1) is 11.3 Å². The van der Waals surface area contributed by atoms with E-state index in [9.17, 15) is 13.2 Å². The number of aryl methyl sites for hydroxylation is 1. The molecule has 0 aliphatic heterocycles. The standard InChI is InChI=1S/C10H15N3O4S2/c11-19(16,17)5-4-12-10-13-8-6(9(14)15)2-1-3-7(8)18-10/h6H,1-5H2,(H,12,13)(H,14,15)(H2,11,16,17). The number of rotatable bonds is 5. The molecular weight excluding hydrogens is 290 g/mol. The van der Waals surface area contributed by atoms with Crippen LogP contribution in [0.1, 0.15) is 29.3 Å². The van der Waals surface area contributed by atoms with Crippen molar-refractivity contribution in [2.45, 2.75) is 25.2 Å². The summed E-state index contributed by atoms with van der Waals surface area (Å²) in [7, 11) is -3.50. The molecule has 19 heavy (non-hydrogen) atoms. The summed E-state index contributed by atoms with van der Waals surface area (Å²) in [6, 6.07) is 0. The Morgan fingerprint density at radius 1 is 1.58 bits per heavy atom. The molecule has 1 heterocycles. The van der Waals surface area contributed by atoms with E-state index in [0.717, 1.165) is 17.7 Å². The fraction of sp³-hybridized carbons (Fsp3) is 0.600. The molecule has 0 saturated carbocycles. The fourth-order valence-electron chi connectivity index (χ4n) is 2.03. The molecule has 1 atom stereocenters. The minimum Gasteiger partial charge on any atom is -0.481 e. The van der Waals surface area contributed by atoms with E-state index in [0.29, 0.717) is 17.2 Å². The third-order valence-corrected chi connectivity index (χ3v) is 4.78. The maximum atomic E-state index is 11.1. The maximum Gasteiger partial charge on any atom is 0.312 e. The summed E-state index contributed by atoms with van der Waals surface area (Å²) in [6.07, 6.45) is 2.26. The highest BCUT2D eigenvalue weighted by Crippen LogP contribution is 2.36. The molecule has 1 aromatic rings. The number of sulfonamides is 1. The first-order chi connectivity index (χ1) is 8.87. The summed E-state index contributed by atoms with van der Waals surface area (Å²) >= 11 is 1.39. The van der Waals surface area contributed by atoms with Gasteiger partial charge >= 0.3 is 5.97 Å². The van der Waals surface area contributed by atoms with Crippen LogP contribution >= 0.6 is 11.3 Å². The zero-order valence-electron chi connectivity index (χ0n) is 10.1. The number of nitrogens with one attached hydrogen (secondary N) is 1. The van der Waals surface area contributed by atoms with Crippen LogP contribution in [0.2, 0.25) is 0 Å². The first kappa shape index (κ1) is 14.2. The van der Waals surface area contributed by atoms with Gasteiger partial charge in [0.1, 0.15) is 5.92 Å². The lowest BCUT2D eigenvalue weighted by Gasteiger charge is -2.16. The molecule has 7 nitrogen and oxygen atoms in total. The van der Waals surface area contributed by atoms with Gasteiger partial charge in [-0.25, -0.2) is 18.5 Å². The van der Waals surface area contributed by atoms with Crippen LogP contribution in [0.25, 0.3) is 0 Å². The smallest absolute Gasteiger partial charge is 0.312 e. The van der Waals surface area contributed by atoms with Crippen LogP contribution in [-0.2, 0) is 21.2 Å². The number of fused-ring (bicyclic) bond motifs is 1. The molecule has 0 saturated heterocycles. The van der Waals surface area contributed by atoms with E-state index in [1.807, 2.05) is 0 Å². The molecule has 0 spiro atoms. The topological polar surface area (TPSA) is 122 Å². The molecule has 106 valence electrons. The largest absolute Gasteiger partial charge is 0.481 e. The first-order valence-electron chi connectivity index (χ1n) is 5.83. The summed E-state index contributed by atoms with van der Waals surface area (Å²) in [4.78, 5) is 16.4. The number of thiazole rings is 1. The Labute approximate surface area is 114 Å². The Kier molecular flexibility index (Phi) is 4.07. The number of hydrogen-bond donors (Lipinski definition) is 3. The molecular formula is C10H15N3O4S2. The third-order valence-electron chi connectivity index (χ3n) is 2.92. The SMILES string of the molecule is NS(=O)(=O)CCNc1nc2c(s1)CCCC2C(=O)O. The molecule has 1 aliphatic carbocycles. The quantitative estimate of drug-likeness (QED) is 0.721. The number of anilines is 1. The normalized spacial score (nSPS) is 18.9. The lowest BCUT2D eigenvalue weighted by Crippen LogP contribution is -2.22. The summed E-state index contributed by atoms with van der Waals surface area (Å²) in [6.45, 7) is 0.170. The number of primary sulfonamides is 1. The van der Waals surface area contributed by atoms with Gasteiger partial charge in [0.25, 0.3) is 0 Å².